The number of benzene rings is 3. The van der Waals surface area contributed by atoms with Gasteiger partial charge in [-0.1, -0.05) is 41.4 Å². The van der Waals surface area contributed by atoms with Crippen molar-refractivity contribution in [2.24, 2.45) is 0 Å². The molecule has 6 nitrogen and oxygen atoms in total. The molecule has 2 N–H and O–H groups in total. The number of carbonyl (C=O) groups excluding carboxylic acids is 1. The Balaban J connectivity index is 1.56. The molecule has 9 heteroatoms. The highest BCUT2D eigenvalue weighted by atomic mass is 35.5. The van der Waals surface area contributed by atoms with E-state index in [2.05, 4.69) is 9.71 Å². The number of nitrogens with one attached hydrogen (secondary N) is 2. The predicted octanol–water partition coefficient (Wildman–Crippen LogP) is 6.11. The lowest BCUT2D eigenvalue weighted by molar-refractivity contribution is 0.0982. The van der Waals surface area contributed by atoms with Gasteiger partial charge in [0.25, 0.3) is 15.9 Å². The Bertz CT molecular complexity index is 1540. The van der Waals surface area contributed by atoms with Gasteiger partial charge in [-0.15, -0.1) is 0 Å². The molecule has 1 amide bonds. The van der Waals surface area contributed by atoms with E-state index in [-0.39, 0.29) is 5.56 Å². The maximum absolute atomic E-state index is 12.8. The Morgan fingerprint density at radius 1 is 1.06 bits per heavy atom. The molecule has 0 aliphatic rings. The standard InChI is InChI=1S/C26H22Cl2N2O4S/c1-16-22(13-18-5-7-20(27)15-24(18)28)23-14-19(6-10-25(23)29-16)26(31)30-35(32,33)12-11-17-3-8-21(34-2)9-4-17/h3-12,14-15,29H,13H2,1-2H3,(H,30,31). The number of aryl methyl sites for hydroxylation is 1. The normalized spacial score (nSPS) is 11.8. The number of hydrogen-bond donors (Lipinski definition) is 2. The van der Waals surface area contributed by atoms with Crippen molar-refractivity contribution >= 4 is 56.1 Å². The number of aromatic amines is 1. The number of methoxy groups -OCH3 is 1. The minimum Gasteiger partial charge on any atom is -0.497 e. The van der Waals surface area contributed by atoms with Crippen LogP contribution in [0, 0.1) is 6.92 Å². The van der Waals surface area contributed by atoms with Gasteiger partial charge < -0.3 is 9.72 Å². The molecule has 1 aromatic heterocycles. The number of hydrogen-bond acceptors (Lipinski definition) is 4. The first kappa shape index (κ1) is 24.9. The molecule has 0 aliphatic carbocycles. The molecule has 3 aromatic carbocycles. The molecule has 0 saturated carbocycles. The van der Waals surface area contributed by atoms with Crippen LogP contribution in [0.15, 0.2) is 66.1 Å². The summed E-state index contributed by atoms with van der Waals surface area (Å²) >= 11 is 12.4. The number of aromatic nitrogens is 1. The van der Waals surface area contributed by atoms with E-state index in [1.807, 2.05) is 13.0 Å². The molecule has 4 aromatic rings. The number of amides is 1. The molecule has 1 heterocycles. The molecular weight excluding hydrogens is 507 g/mol. The molecule has 0 atom stereocenters. The number of carbonyl (C=O) groups is 1. The Hall–Kier alpha value is -3.26. The smallest absolute Gasteiger partial charge is 0.265 e. The highest BCUT2D eigenvalue weighted by Crippen LogP contribution is 2.29. The van der Waals surface area contributed by atoms with Crippen LogP contribution in [-0.2, 0) is 16.4 Å². The summed E-state index contributed by atoms with van der Waals surface area (Å²) in [6, 6.07) is 17.2. The van der Waals surface area contributed by atoms with Crippen molar-refractivity contribution < 1.29 is 17.9 Å². The van der Waals surface area contributed by atoms with Gasteiger partial charge >= 0.3 is 0 Å². The van der Waals surface area contributed by atoms with Gasteiger partial charge in [0.05, 0.1) is 12.5 Å². The number of ether oxygens (including phenoxy) is 1. The topological polar surface area (TPSA) is 88.3 Å². The molecule has 0 saturated heterocycles. The largest absolute Gasteiger partial charge is 0.497 e. The van der Waals surface area contributed by atoms with E-state index in [4.69, 9.17) is 27.9 Å². The Labute approximate surface area is 213 Å². The van der Waals surface area contributed by atoms with Crippen LogP contribution in [0.4, 0.5) is 0 Å². The zero-order chi connectivity index (χ0) is 25.2. The van der Waals surface area contributed by atoms with Crippen LogP contribution in [0.1, 0.15) is 32.7 Å². The van der Waals surface area contributed by atoms with Crippen LogP contribution >= 0.6 is 23.2 Å². The first-order valence-corrected chi connectivity index (χ1v) is 12.9. The van der Waals surface area contributed by atoms with Crippen LogP contribution in [0.2, 0.25) is 10.0 Å². The Morgan fingerprint density at radius 3 is 2.49 bits per heavy atom. The molecular formula is C26H22Cl2N2O4S. The van der Waals surface area contributed by atoms with Crippen molar-refractivity contribution in [3.8, 4) is 5.75 Å². The fourth-order valence-electron chi connectivity index (χ4n) is 3.71. The third kappa shape index (κ3) is 5.88. The third-order valence-corrected chi connectivity index (χ3v) is 7.11. The summed E-state index contributed by atoms with van der Waals surface area (Å²) in [5, 5.41) is 2.87. The lowest BCUT2D eigenvalue weighted by Gasteiger charge is -2.07. The van der Waals surface area contributed by atoms with Gasteiger partial charge in [0.1, 0.15) is 5.75 Å². The van der Waals surface area contributed by atoms with Gasteiger partial charge in [0, 0.05) is 38.6 Å². The average Bonchev–Trinajstić information content (AvgIpc) is 3.13. The predicted molar refractivity (Wildman–Crippen MR) is 141 cm³/mol. The van der Waals surface area contributed by atoms with Crippen LogP contribution < -0.4 is 9.46 Å². The molecule has 0 spiro atoms. The van der Waals surface area contributed by atoms with Crippen molar-refractivity contribution in [3.63, 3.8) is 0 Å². The zero-order valence-electron chi connectivity index (χ0n) is 18.9. The van der Waals surface area contributed by atoms with E-state index in [9.17, 15) is 13.2 Å². The minimum absolute atomic E-state index is 0.223. The van der Waals surface area contributed by atoms with Gasteiger partial charge in [0.2, 0.25) is 0 Å². The molecule has 4 rings (SSSR count). The van der Waals surface area contributed by atoms with Crippen LogP contribution in [0.5, 0.6) is 5.75 Å². The maximum atomic E-state index is 12.8. The van der Waals surface area contributed by atoms with Gasteiger partial charge in [-0.05, 0) is 72.2 Å². The number of fused-ring (bicyclic) bond motifs is 1. The van der Waals surface area contributed by atoms with E-state index >= 15 is 0 Å². The number of halogens is 2. The molecule has 0 fully saturated rings. The van der Waals surface area contributed by atoms with E-state index < -0.39 is 15.9 Å². The van der Waals surface area contributed by atoms with Gasteiger partial charge in [-0.2, -0.15) is 0 Å². The number of H-pyrrole nitrogens is 1. The summed E-state index contributed by atoms with van der Waals surface area (Å²) in [5.74, 6) is -0.0630. The molecule has 0 radical (unpaired) electrons. The van der Waals surface area contributed by atoms with Crippen LogP contribution in [0.3, 0.4) is 0 Å². The second kappa shape index (κ2) is 10.2. The molecule has 0 aliphatic heterocycles. The van der Waals surface area contributed by atoms with E-state index in [0.29, 0.717) is 27.8 Å². The highest BCUT2D eigenvalue weighted by Gasteiger charge is 2.17. The third-order valence-electron chi connectivity index (χ3n) is 5.55. The molecule has 0 bridgehead atoms. The second-order valence-electron chi connectivity index (χ2n) is 7.95. The zero-order valence-corrected chi connectivity index (χ0v) is 21.3. The van der Waals surface area contributed by atoms with Crippen molar-refractivity contribution in [2.45, 2.75) is 13.3 Å². The molecule has 180 valence electrons. The summed E-state index contributed by atoms with van der Waals surface area (Å²) in [6.07, 6.45) is 1.93. The summed E-state index contributed by atoms with van der Waals surface area (Å²) in [4.78, 5) is 16.1. The van der Waals surface area contributed by atoms with Crippen molar-refractivity contribution in [1.82, 2.24) is 9.71 Å². The van der Waals surface area contributed by atoms with Crippen molar-refractivity contribution in [1.29, 1.82) is 0 Å². The number of rotatable bonds is 7. The van der Waals surface area contributed by atoms with Gasteiger partial charge in [0.15, 0.2) is 0 Å². The highest BCUT2D eigenvalue weighted by molar-refractivity contribution is 7.93. The average molecular weight is 529 g/mol. The summed E-state index contributed by atoms with van der Waals surface area (Å²) in [5.41, 5.74) is 4.49. The summed E-state index contributed by atoms with van der Waals surface area (Å²) < 4.78 is 32.1. The minimum atomic E-state index is -4.01. The second-order valence-corrected chi connectivity index (χ2v) is 10.4. The van der Waals surface area contributed by atoms with E-state index in [1.54, 1.807) is 61.7 Å². The van der Waals surface area contributed by atoms with Crippen molar-refractivity contribution in [2.75, 3.05) is 7.11 Å². The summed E-state index contributed by atoms with van der Waals surface area (Å²) in [7, 11) is -2.46. The SMILES string of the molecule is COc1ccc(C=CS(=O)(=O)NC(=O)c2ccc3[nH]c(C)c(Cc4ccc(Cl)cc4Cl)c3c2)cc1. The number of sulfonamides is 1. The van der Waals surface area contributed by atoms with Crippen molar-refractivity contribution in [3.05, 3.63) is 104 Å². The Kier molecular flexibility index (Phi) is 7.21. The van der Waals surface area contributed by atoms with E-state index in [0.717, 1.165) is 33.1 Å². The van der Waals surface area contributed by atoms with E-state index in [1.165, 1.54) is 6.08 Å². The maximum Gasteiger partial charge on any atom is 0.265 e. The molecule has 35 heavy (non-hydrogen) atoms. The van der Waals surface area contributed by atoms with Gasteiger partial charge in [-0.25, -0.2) is 13.1 Å². The molecule has 0 unspecified atom stereocenters. The van der Waals surface area contributed by atoms with Crippen LogP contribution in [0.25, 0.3) is 17.0 Å². The van der Waals surface area contributed by atoms with Gasteiger partial charge in [-0.3, -0.25) is 4.79 Å². The lowest BCUT2D eigenvalue weighted by Crippen LogP contribution is -2.28. The lowest BCUT2D eigenvalue weighted by atomic mass is 10.0. The first-order valence-electron chi connectivity index (χ1n) is 10.6. The fraction of sp³-hybridized carbons (Fsp3) is 0.115. The monoisotopic (exact) mass is 528 g/mol. The quantitative estimate of drug-likeness (QED) is 0.302. The van der Waals surface area contributed by atoms with Crippen LogP contribution in [-0.4, -0.2) is 26.4 Å². The first-order chi connectivity index (χ1) is 16.6. The Morgan fingerprint density at radius 2 is 1.80 bits per heavy atom. The summed E-state index contributed by atoms with van der Waals surface area (Å²) in [6.45, 7) is 1.94. The fourth-order valence-corrected chi connectivity index (χ4v) is 4.97.